The second-order valence-corrected chi connectivity index (χ2v) is 9.48. The van der Waals surface area contributed by atoms with Crippen molar-refractivity contribution in [3.8, 4) is 11.5 Å². The number of hydrogen-bond donors (Lipinski definition) is 0. The van der Waals surface area contributed by atoms with Crippen molar-refractivity contribution in [1.82, 2.24) is 4.90 Å². The molecule has 2 rings (SSSR count). The number of allylic oxidation sites excluding steroid dienone is 4. The summed E-state index contributed by atoms with van der Waals surface area (Å²) in [5, 5.41) is 0. The van der Waals surface area contributed by atoms with Crippen LogP contribution in [0.1, 0.15) is 77.3 Å². The zero-order valence-corrected chi connectivity index (χ0v) is 22.1. The number of aryl methyl sites for hydroxylation is 1. The molecule has 1 aromatic carbocycles. The molecule has 0 N–H and O–H groups in total. The number of carbonyl (C=O) groups excluding carboxylic acids is 1. The van der Waals surface area contributed by atoms with Crippen LogP contribution in [0.2, 0.25) is 0 Å². The van der Waals surface area contributed by atoms with E-state index < -0.39 is 0 Å². The zero-order chi connectivity index (χ0) is 24.8. The fourth-order valence-electron chi connectivity index (χ4n) is 4.09. The Morgan fingerprint density at radius 3 is 2.47 bits per heavy atom. The highest BCUT2D eigenvalue weighted by Crippen LogP contribution is 2.33. The summed E-state index contributed by atoms with van der Waals surface area (Å²) in [5.41, 5.74) is 4.79. The molecular weight excluding hydrogens is 426 g/mol. The van der Waals surface area contributed by atoms with Crippen LogP contribution in [0.15, 0.2) is 35.4 Å². The normalized spacial score (nSPS) is 14.7. The second kappa shape index (κ2) is 15.7. The van der Waals surface area contributed by atoms with E-state index in [1.165, 1.54) is 24.0 Å². The number of unbranched alkanes of at least 4 members (excludes halogenated alkanes) is 2. The smallest absolute Gasteiger partial charge is 0.312 e. The fourth-order valence-corrected chi connectivity index (χ4v) is 4.09. The number of carbonyl (C=O) groups is 1. The predicted octanol–water partition coefficient (Wildman–Crippen LogP) is 6.29. The van der Waals surface area contributed by atoms with Crippen LogP contribution in [0.4, 0.5) is 0 Å². The van der Waals surface area contributed by atoms with Gasteiger partial charge in [-0.2, -0.15) is 0 Å². The van der Waals surface area contributed by atoms with Crippen molar-refractivity contribution in [2.45, 2.75) is 79.1 Å². The minimum Gasteiger partial charge on any atom is -0.496 e. The van der Waals surface area contributed by atoms with Crippen LogP contribution < -0.4 is 9.47 Å². The Bertz CT molecular complexity index is 818. The van der Waals surface area contributed by atoms with E-state index in [1.54, 1.807) is 7.11 Å². The Labute approximate surface area is 207 Å². The standard InChI is InChI=1S/C29H45NO4/c1-6-7-8-12-25-21-27(32-5)26(14-13-24(4)11-9-10-23(2)3)28(22-25)34-29(31)15-16-30-17-19-33-20-18-30/h10,13,21-22H,6-9,11-12,14-20H2,1-5H3/b24-13+. The van der Waals surface area contributed by atoms with E-state index in [9.17, 15) is 4.79 Å². The average molecular weight is 472 g/mol. The first-order valence-corrected chi connectivity index (χ1v) is 12.9. The van der Waals surface area contributed by atoms with Crippen LogP contribution in [-0.4, -0.2) is 50.8 Å². The van der Waals surface area contributed by atoms with Crippen LogP contribution in [0.5, 0.6) is 11.5 Å². The third-order valence-corrected chi connectivity index (χ3v) is 6.22. The molecule has 1 fully saturated rings. The van der Waals surface area contributed by atoms with Gasteiger partial charge >= 0.3 is 5.97 Å². The van der Waals surface area contributed by atoms with Gasteiger partial charge in [0, 0.05) is 25.2 Å². The summed E-state index contributed by atoms with van der Waals surface area (Å²) in [6.45, 7) is 12.5. The second-order valence-electron chi connectivity index (χ2n) is 9.48. The lowest BCUT2D eigenvalue weighted by Crippen LogP contribution is -2.37. The van der Waals surface area contributed by atoms with Crippen LogP contribution in [0, 0.1) is 0 Å². The van der Waals surface area contributed by atoms with Crippen molar-refractivity contribution in [3.05, 3.63) is 46.6 Å². The Morgan fingerprint density at radius 1 is 1.06 bits per heavy atom. The Balaban J connectivity index is 2.16. The van der Waals surface area contributed by atoms with Gasteiger partial charge in [-0.05, 0) is 70.6 Å². The molecule has 0 unspecified atom stereocenters. The lowest BCUT2D eigenvalue weighted by atomic mass is 10.00. The SMILES string of the molecule is CCCCCc1cc(OC)c(C/C=C(\C)CCC=C(C)C)c(OC(=O)CCN2CCOCC2)c1. The van der Waals surface area contributed by atoms with Gasteiger partial charge in [0.1, 0.15) is 11.5 Å². The zero-order valence-electron chi connectivity index (χ0n) is 22.1. The van der Waals surface area contributed by atoms with Gasteiger partial charge in [-0.3, -0.25) is 9.69 Å². The number of morpholine rings is 1. The van der Waals surface area contributed by atoms with Gasteiger partial charge in [0.05, 0.1) is 26.7 Å². The fraction of sp³-hybridized carbons (Fsp3) is 0.621. The molecule has 1 aliphatic rings. The number of hydrogen-bond acceptors (Lipinski definition) is 5. The quantitative estimate of drug-likeness (QED) is 0.138. The number of benzene rings is 1. The summed E-state index contributed by atoms with van der Waals surface area (Å²) in [6.07, 6.45) is 12.1. The molecular formula is C29H45NO4. The molecule has 0 atom stereocenters. The highest BCUT2D eigenvalue weighted by molar-refractivity contribution is 5.73. The number of ether oxygens (including phenoxy) is 3. The molecule has 0 aliphatic carbocycles. The molecule has 1 aliphatic heterocycles. The first-order chi connectivity index (χ1) is 16.4. The molecule has 34 heavy (non-hydrogen) atoms. The van der Waals surface area contributed by atoms with E-state index >= 15 is 0 Å². The Hall–Kier alpha value is -2.11. The van der Waals surface area contributed by atoms with E-state index in [0.717, 1.165) is 68.9 Å². The third-order valence-electron chi connectivity index (χ3n) is 6.22. The Kier molecular flexibility index (Phi) is 13.0. The molecule has 0 radical (unpaired) electrons. The summed E-state index contributed by atoms with van der Waals surface area (Å²) >= 11 is 0. The summed E-state index contributed by atoms with van der Waals surface area (Å²) in [5.74, 6) is 1.26. The first kappa shape index (κ1) is 28.1. The van der Waals surface area contributed by atoms with Gasteiger partial charge in [-0.15, -0.1) is 0 Å². The molecule has 5 heteroatoms. The highest BCUT2D eigenvalue weighted by Gasteiger charge is 2.17. The van der Waals surface area contributed by atoms with Gasteiger partial charge in [-0.25, -0.2) is 0 Å². The topological polar surface area (TPSA) is 48.0 Å². The maximum atomic E-state index is 12.8. The van der Waals surface area contributed by atoms with Crippen LogP contribution in [0.3, 0.4) is 0 Å². The van der Waals surface area contributed by atoms with Crippen molar-refractivity contribution >= 4 is 5.97 Å². The molecule has 0 spiro atoms. The number of esters is 1. The van der Waals surface area contributed by atoms with Crippen LogP contribution >= 0.6 is 0 Å². The van der Waals surface area contributed by atoms with E-state index in [-0.39, 0.29) is 5.97 Å². The molecule has 190 valence electrons. The van der Waals surface area contributed by atoms with Crippen LogP contribution in [0.25, 0.3) is 0 Å². The molecule has 0 saturated carbocycles. The molecule has 0 bridgehead atoms. The average Bonchev–Trinajstić information content (AvgIpc) is 2.82. The van der Waals surface area contributed by atoms with Crippen molar-refractivity contribution in [2.24, 2.45) is 0 Å². The van der Waals surface area contributed by atoms with Gasteiger partial charge in [0.2, 0.25) is 0 Å². The van der Waals surface area contributed by atoms with Crippen molar-refractivity contribution < 1.29 is 19.0 Å². The van der Waals surface area contributed by atoms with E-state index in [1.807, 2.05) is 6.07 Å². The molecule has 1 heterocycles. The number of rotatable bonds is 14. The maximum absolute atomic E-state index is 12.8. The summed E-state index contributed by atoms with van der Waals surface area (Å²) in [7, 11) is 1.70. The van der Waals surface area contributed by atoms with E-state index in [4.69, 9.17) is 14.2 Å². The molecule has 0 aromatic heterocycles. The van der Waals surface area contributed by atoms with E-state index in [0.29, 0.717) is 25.1 Å². The van der Waals surface area contributed by atoms with Gasteiger partial charge in [-0.1, -0.05) is 43.1 Å². The third kappa shape index (κ3) is 10.4. The molecule has 1 aromatic rings. The summed E-state index contributed by atoms with van der Waals surface area (Å²) in [6, 6.07) is 4.16. The molecule has 5 nitrogen and oxygen atoms in total. The Morgan fingerprint density at radius 2 is 1.79 bits per heavy atom. The first-order valence-electron chi connectivity index (χ1n) is 12.9. The largest absolute Gasteiger partial charge is 0.496 e. The number of nitrogens with zero attached hydrogens (tertiary/aromatic N) is 1. The van der Waals surface area contributed by atoms with Crippen LogP contribution in [-0.2, 0) is 22.4 Å². The van der Waals surface area contributed by atoms with Gasteiger partial charge in [0.25, 0.3) is 0 Å². The van der Waals surface area contributed by atoms with Gasteiger partial charge < -0.3 is 14.2 Å². The summed E-state index contributed by atoms with van der Waals surface area (Å²) < 4.78 is 17.1. The van der Waals surface area contributed by atoms with E-state index in [2.05, 4.69) is 50.8 Å². The molecule has 1 saturated heterocycles. The lowest BCUT2D eigenvalue weighted by Gasteiger charge is -2.26. The number of methoxy groups -OCH3 is 1. The minimum atomic E-state index is -0.190. The van der Waals surface area contributed by atoms with Crippen molar-refractivity contribution in [1.29, 1.82) is 0 Å². The lowest BCUT2D eigenvalue weighted by molar-refractivity contribution is -0.135. The minimum absolute atomic E-state index is 0.190. The van der Waals surface area contributed by atoms with Gasteiger partial charge in [0.15, 0.2) is 0 Å². The summed E-state index contributed by atoms with van der Waals surface area (Å²) in [4.78, 5) is 15.0. The predicted molar refractivity (Wildman–Crippen MR) is 140 cm³/mol. The van der Waals surface area contributed by atoms with Crippen molar-refractivity contribution in [2.75, 3.05) is 40.0 Å². The van der Waals surface area contributed by atoms with Crippen molar-refractivity contribution in [3.63, 3.8) is 0 Å². The maximum Gasteiger partial charge on any atom is 0.312 e. The highest BCUT2D eigenvalue weighted by atomic mass is 16.5. The monoisotopic (exact) mass is 471 g/mol. The molecule has 0 amide bonds.